The van der Waals surface area contributed by atoms with E-state index in [1.165, 1.54) is 29.4 Å². The number of nitrogens with zero attached hydrogens (tertiary/aromatic N) is 5. The lowest BCUT2D eigenvalue weighted by atomic mass is 10.2. The van der Waals surface area contributed by atoms with Gasteiger partial charge in [-0.2, -0.15) is 5.26 Å². The van der Waals surface area contributed by atoms with E-state index in [-0.39, 0.29) is 29.0 Å². The summed E-state index contributed by atoms with van der Waals surface area (Å²) < 4.78 is 0. The highest BCUT2D eigenvalue weighted by atomic mass is 32.1. The maximum atomic E-state index is 12.4. The summed E-state index contributed by atoms with van der Waals surface area (Å²) in [6, 6.07) is 5.00. The molecule has 2 heterocycles. The molecule has 0 saturated carbocycles. The Morgan fingerprint density at radius 3 is 2.76 bits per heavy atom. The first-order valence-corrected chi connectivity index (χ1v) is 6.64. The molecule has 21 heavy (non-hydrogen) atoms. The number of hydrogen-bond donors (Lipinski definition) is 0. The van der Waals surface area contributed by atoms with Gasteiger partial charge in [0, 0.05) is 24.5 Å². The molecule has 0 atom stereocenters. The van der Waals surface area contributed by atoms with E-state index in [9.17, 15) is 14.9 Å². The first-order chi connectivity index (χ1) is 10.1. The van der Waals surface area contributed by atoms with Crippen LogP contribution in [0.15, 0.2) is 30.7 Å². The van der Waals surface area contributed by atoms with E-state index < -0.39 is 4.92 Å². The van der Waals surface area contributed by atoms with Crippen molar-refractivity contribution < 1.29 is 9.72 Å². The van der Waals surface area contributed by atoms with E-state index in [1.54, 1.807) is 0 Å². The van der Waals surface area contributed by atoms with E-state index in [1.807, 2.05) is 6.07 Å². The highest BCUT2D eigenvalue weighted by Crippen LogP contribution is 2.29. The summed E-state index contributed by atoms with van der Waals surface area (Å²) in [7, 11) is 0. The molecule has 0 N–H and O–H groups in total. The molecule has 8 nitrogen and oxygen atoms in total. The molecule has 0 unspecified atom stereocenters. The molecular formula is C12H9N5O3S. The normalized spacial score (nSPS) is 9.86. The van der Waals surface area contributed by atoms with Crippen molar-refractivity contribution in [2.24, 2.45) is 0 Å². The number of nitriles is 1. The third-order valence-electron chi connectivity index (χ3n) is 2.51. The Balaban J connectivity index is 2.31. The fourth-order valence-corrected chi connectivity index (χ4v) is 2.32. The van der Waals surface area contributed by atoms with Gasteiger partial charge in [0.05, 0.1) is 17.4 Å². The molecular weight excluding hydrogens is 294 g/mol. The average Bonchev–Trinajstić information content (AvgIpc) is 2.98. The van der Waals surface area contributed by atoms with Crippen molar-refractivity contribution in [3.63, 3.8) is 0 Å². The fourth-order valence-electron chi connectivity index (χ4n) is 1.56. The zero-order valence-corrected chi connectivity index (χ0v) is 11.5. The monoisotopic (exact) mass is 303 g/mol. The van der Waals surface area contributed by atoms with E-state index in [0.717, 1.165) is 17.5 Å². The molecule has 0 bridgehead atoms. The van der Waals surface area contributed by atoms with Gasteiger partial charge in [0.2, 0.25) is 0 Å². The first kappa shape index (κ1) is 14.5. The lowest BCUT2D eigenvalue weighted by Gasteiger charge is -2.18. The standard InChI is InChI=1S/C12H9N5O3S/c13-4-1-7-16(11(18)9-2-5-14-6-3-9)12-15-8-10(21-12)17(19)20/h2-3,5-6,8H,1,7H2. The van der Waals surface area contributed by atoms with Gasteiger partial charge in [-0.25, -0.2) is 4.98 Å². The molecule has 0 aliphatic rings. The highest BCUT2D eigenvalue weighted by Gasteiger charge is 2.23. The molecule has 1 amide bonds. The number of thiazole rings is 1. The summed E-state index contributed by atoms with van der Waals surface area (Å²) in [5.74, 6) is -0.378. The summed E-state index contributed by atoms with van der Waals surface area (Å²) in [6.45, 7) is 0.113. The second-order valence-electron chi connectivity index (χ2n) is 3.84. The van der Waals surface area contributed by atoms with Crippen molar-refractivity contribution in [2.45, 2.75) is 6.42 Å². The number of amides is 1. The van der Waals surface area contributed by atoms with Crippen LogP contribution in [0.4, 0.5) is 10.1 Å². The smallest absolute Gasteiger partial charge is 0.283 e. The quantitative estimate of drug-likeness (QED) is 0.616. The molecule has 2 aromatic heterocycles. The molecule has 106 valence electrons. The molecule has 0 radical (unpaired) electrons. The molecule has 0 fully saturated rings. The Labute approximate surface area is 123 Å². The Morgan fingerprint density at radius 2 is 2.19 bits per heavy atom. The minimum Gasteiger partial charge on any atom is -0.283 e. The number of rotatable bonds is 5. The van der Waals surface area contributed by atoms with Crippen LogP contribution >= 0.6 is 11.3 Å². The zero-order chi connectivity index (χ0) is 15.2. The van der Waals surface area contributed by atoms with Crippen LogP contribution in [-0.4, -0.2) is 27.3 Å². The number of nitro groups is 1. The van der Waals surface area contributed by atoms with Crippen LogP contribution in [0, 0.1) is 21.4 Å². The van der Waals surface area contributed by atoms with Gasteiger partial charge in [-0.3, -0.25) is 24.8 Å². The van der Waals surface area contributed by atoms with Crippen LogP contribution in [0.2, 0.25) is 0 Å². The third-order valence-corrected chi connectivity index (χ3v) is 3.48. The predicted octanol–water partition coefficient (Wildman–Crippen LogP) is 2.01. The van der Waals surface area contributed by atoms with Gasteiger partial charge in [0.25, 0.3) is 5.91 Å². The van der Waals surface area contributed by atoms with Crippen LogP contribution in [0.5, 0.6) is 0 Å². The van der Waals surface area contributed by atoms with Gasteiger partial charge in [0.15, 0.2) is 5.13 Å². The van der Waals surface area contributed by atoms with Crippen LogP contribution < -0.4 is 4.90 Å². The SMILES string of the molecule is N#CCCN(C(=O)c1ccncc1)c1ncc([N+](=O)[O-])s1. The van der Waals surface area contributed by atoms with Gasteiger partial charge in [-0.05, 0) is 23.5 Å². The first-order valence-electron chi connectivity index (χ1n) is 5.82. The van der Waals surface area contributed by atoms with Crippen molar-refractivity contribution in [2.75, 3.05) is 11.4 Å². The molecule has 9 heteroatoms. The molecule has 0 aliphatic heterocycles. The maximum absolute atomic E-state index is 12.4. The minimum absolute atomic E-state index is 0.101. The van der Waals surface area contributed by atoms with Gasteiger partial charge < -0.3 is 0 Å². The largest absolute Gasteiger partial charge is 0.345 e. The molecule has 0 saturated heterocycles. The second-order valence-corrected chi connectivity index (χ2v) is 4.83. The van der Waals surface area contributed by atoms with E-state index in [0.29, 0.717) is 5.56 Å². The highest BCUT2D eigenvalue weighted by molar-refractivity contribution is 7.18. The average molecular weight is 303 g/mol. The maximum Gasteiger partial charge on any atom is 0.345 e. The lowest BCUT2D eigenvalue weighted by molar-refractivity contribution is -0.380. The Bertz CT molecular complexity index is 694. The topological polar surface area (TPSA) is 113 Å². The second kappa shape index (κ2) is 6.53. The van der Waals surface area contributed by atoms with Crippen LogP contribution in [0.25, 0.3) is 0 Å². The summed E-state index contributed by atoms with van der Waals surface area (Å²) in [4.78, 5) is 31.5. The number of pyridine rings is 1. The van der Waals surface area contributed by atoms with Gasteiger partial charge in [0.1, 0.15) is 6.20 Å². The molecule has 2 rings (SSSR count). The van der Waals surface area contributed by atoms with Crippen LogP contribution in [0.1, 0.15) is 16.8 Å². The van der Waals surface area contributed by atoms with Gasteiger partial charge >= 0.3 is 5.00 Å². The minimum atomic E-state index is -0.569. The molecule has 0 aliphatic carbocycles. The Hall–Kier alpha value is -2.86. The van der Waals surface area contributed by atoms with Crippen molar-refractivity contribution >= 4 is 27.4 Å². The molecule has 2 aromatic rings. The third kappa shape index (κ3) is 3.37. The van der Waals surface area contributed by atoms with Gasteiger partial charge in [-0.15, -0.1) is 0 Å². The number of hydrogen-bond acceptors (Lipinski definition) is 7. The van der Waals surface area contributed by atoms with Crippen molar-refractivity contribution in [3.8, 4) is 6.07 Å². The number of carbonyl (C=O) groups is 1. The Morgan fingerprint density at radius 1 is 1.48 bits per heavy atom. The molecule has 0 aromatic carbocycles. The Kier molecular flexibility index (Phi) is 4.53. The number of aromatic nitrogens is 2. The lowest BCUT2D eigenvalue weighted by Crippen LogP contribution is -2.31. The van der Waals surface area contributed by atoms with Crippen molar-refractivity contribution in [1.29, 1.82) is 5.26 Å². The van der Waals surface area contributed by atoms with E-state index in [4.69, 9.17) is 5.26 Å². The van der Waals surface area contributed by atoms with Gasteiger partial charge in [-0.1, -0.05) is 0 Å². The summed E-state index contributed by atoms with van der Waals surface area (Å²) >= 11 is 0.792. The van der Waals surface area contributed by atoms with E-state index >= 15 is 0 Å². The summed E-state index contributed by atoms with van der Waals surface area (Å²) in [6.07, 6.45) is 4.14. The predicted molar refractivity (Wildman–Crippen MR) is 74.9 cm³/mol. The summed E-state index contributed by atoms with van der Waals surface area (Å²) in [5, 5.41) is 19.4. The summed E-state index contributed by atoms with van der Waals surface area (Å²) in [5.41, 5.74) is 0.376. The van der Waals surface area contributed by atoms with E-state index in [2.05, 4.69) is 9.97 Å². The van der Waals surface area contributed by atoms with Crippen LogP contribution in [0.3, 0.4) is 0 Å². The molecule has 0 spiro atoms. The number of carbonyl (C=O) groups excluding carboxylic acids is 1. The zero-order valence-electron chi connectivity index (χ0n) is 10.7. The van der Waals surface area contributed by atoms with Crippen molar-refractivity contribution in [1.82, 2.24) is 9.97 Å². The van der Waals surface area contributed by atoms with Crippen LogP contribution in [-0.2, 0) is 0 Å². The van der Waals surface area contributed by atoms with Crippen molar-refractivity contribution in [3.05, 3.63) is 46.4 Å². The number of anilines is 1. The fraction of sp³-hybridized carbons (Fsp3) is 0.167.